The van der Waals surface area contributed by atoms with E-state index in [1.165, 1.54) is 0 Å². The van der Waals surface area contributed by atoms with Crippen molar-refractivity contribution in [3.05, 3.63) is 71.2 Å². The summed E-state index contributed by atoms with van der Waals surface area (Å²) >= 11 is 0. The second-order valence-electron chi connectivity index (χ2n) is 6.26. The first-order chi connectivity index (χ1) is 13.1. The Bertz CT molecular complexity index is 1160. The van der Waals surface area contributed by atoms with Crippen LogP contribution in [0.3, 0.4) is 0 Å². The van der Waals surface area contributed by atoms with Gasteiger partial charge in [-0.1, -0.05) is 12.1 Å². The van der Waals surface area contributed by atoms with Gasteiger partial charge in [0.25, 0.3) is 0 Å². The van der Waals surface area contributed by atoms with Crippen molar-refractivity contribution in [2.75, 3.05) is 14.2 Å². The molecule has 0 amide bonds. The number of methoxy groups -OCH3 is 2. The number of aromatic nitrogens is 1. The molecule has 0 saturated heterocycles. The van der Waals surface area contributed by atoms with Crippen molar-refractivity contribution in [3.8, 4) is 33.9 Å². The maximum Gasteiger partial charge on any atom is 0.197 e. The number of aryl methyl sites for hydroxylation is 1. The van der Waals surface area contributed by atoms with E-state index in [1.807, 2.05) is 60.3 Å². The Morgan fingerprint density at radius 1 is 0.926 bits per heavy atom. The van der Waals surface area contributed by atoms with Gasteiger partial charge in [-0.2, -0.15) is 0 Å². The standard InChI is InChI=1S/C22H19NO4/c1-23-13-18(14-6-8-15(25-2)9-7-14)22(24)21-17(20-5-4-10-27-20)11-16(26-3)12-19(21)23/h4-13H,1-3H3. The minimum absolute atomic E-state index is 0.0534. The lowest BCUT2D eigenvalue weighted by Crippen LogP contribution is -2.11. The third-order valence-corrected chi connectivity index (χ3v) is 4.69. The number of fused-ring (bicyclic) bond motifs is 1. The molecule has 136 valence electrons. The van der Waals surface area contributed by atoms with Gasteiger partial charge in [0, 0.05) is 30.4 Å². The van der Waals surface area contributed by atoms with Gasteiger partial charge in [-0.25, -0.2) is 0 Å². The Kier molecular flexibility index (Phi) is 4.20. The highest BCUT2D eigenvalue weighted by Crippen LogP contribution is 2.33. The molecule has 0 atom stereocenters. The Morgan fingerprint density at radius 3 is 2.30 bits per heavy atom. The number of furan rings is 1. The van der Waals surface area contributed by atoms with Crippen molar-refractivity contribution in [2.45, 2.75) is 0 Å². The van der Waals surface area contributed by atoms with E-state index in [4.69, 9.17) is 13.9 Å². The summed E-state index contributed by atoms with van der Waals surface area (Å²) in [6.45, 7) is 0. The monoisotopic (exact) mass is 361 g/mol. The molecule has 0 saturated carbocycles. The summed E-state index contributed by atoms with van der Waals surface area (Å²) in [5.41, 5.74) is 2.89. The summed E-state index contributed by atoms with van der Waals surface area (Å²) in [6.07, 6.45) is 3.44. The van der Waals surface area contributed by atoms with Gasteiger partial charge in [0.2, 0.25) is 0 Å². The molecule has 5 heteroatoms. The maximum absolute atomic E-state index is 13.4. The van der Waals surface area contributed by atoms with Crippen molar-refractivity contribution >= 4 is 10.9 Å². The molecule has 2 aromatic heterocycles. The van der Waals surface area contributed by atoms with Gasteiger partial charge in [-0.3, -0.25) is 4.79 Å². The second kappa shape index (κ2) is 6.68. The Hall–Kier alpha value is -3.47. The molecule has 2 aromatic carbocycles. The molecular weight excluding hydrogens is 342 g/mol. The summed E-state index contributed by atoms with van der Waals surface area (Å²) in [5, 5.41) is 0.599. The van der Waals surface area contributed by atoms with E-state index in [0.717, 1.165) is 16.8 Å². The van der Waals surface area contributed by atoms with E-state index >= 15 is 0 Å². The van der Waals surface area contributed by atoms with Crippen LogP contribution >= 0.6 is 0 Å². The van der Waals surface area contributed by atoms with Crippen molar-refractivity contribution in [1.29, 1.82) is 0 Å². The van der Waals surface area contributed by atoms with Gasteiger partial charge < -0.3 is 18.5 Å². The first kappa shape index (κ1) is 17.0. The number of hydrogen-bond acceptors (Lipinski definition) is 4. The number of rotatable bonds is 4. The van der Waals surface area contributed by atoms with Crippen LogP contribution in [-0.4, -0.2) is 18.8 Å². The molecule has 0 aliphatic heterocycles. The average molecular weight is 361 g/mol. The zero-order valence-electron chi connectivity index (χ0n) is 15.4. The lowest BCUT2D eigenvalue weighted by Gasteiger charge is -2.14. The van der Waals surface area contributed by atoms with E-state index in [9.17, 15) is 4.79 Å². The molecule has 0 radical (unpaired) electrons. The molecule has 4 rings (SSSR count). The first-order valence-electron chi connectivity index (χ1n) is 8.52. The fourth-order valence-corrected chi connectivity index (χ4v) is 3.29. The summed E-state index contributed by atoms with van der Waals surface area (Å²) < 4.78 is 18.2. The van der Waals surface area contributed by atoms with E-state index in [0.29, 0.717) is 28.0 Å². The molecule has 27 heavy (non-hydrogen) atoms. The molecule has 0 fully saturated rings. The van der Waals surface area contributed by atoms with Crippen LogP contribution in [0.2, 0.25) is 0 Å². The molecule has 4 aromatic rings. The topological polar surface area (TPSA) is 53.6 Å². The fraction of sp³-hybridized carbons (Fsp3) is 0.136. The van der Waals surface area contributed by atoms with E-state index in [-0.39, 0.29) is 5.43 Å². The van der Waals surface area contributed by atoms with Gasteiger partial charge in [0.1, 0.15) is 17.3 Å². The highest BCUT2D eigenvalue weighted by molar-refractivity contribution is 5.97. The Balaban J connectivity index is 2.05. The molecule has 0 bridgehead atoms. The summed E-state index contributed by atoms with van der Waals surface area (Å²) in [4.78, 5) is 13.4. The van der Waals surface area contributed by atoms with E-state index in [1.54, 1.807) is 26.5 Å². The SMILES string of the molecule is COc1ccc(-c2cn(C)c3cc(OC)cc(-c4ccco4)c3c2=O)cc1. The lowest BCUT2D eigenvalue weighted by atomic mass is 9.99. The fourth-order valence-electron chi connectivity index (χ4n) is 3.29. The minimum Gasteiger partial charge on any atom is -0.497 e. The third-order valence-electron chi connectivity index (χ3n) is 4.69. The van der Waals surface area contributed by atoms with E-state index < -0.39 is 0 Å². The predicted molar refractivity (Wildman–Crippen MR) is 105 cm³/mol. The number of ether oxygens (including phenoxy) is 2. The Labute approximate surface area is 156 Å². The second-order valence-corrected chi connectivity index (χ2v) is 6.26. The first-order valence-corrected chi connectivity index (χ1v) is 8.52. The largest absolute Gasteiger partial charge is 0.497 e. The quantitative estimate of drug-likeness (QED) is 0.538. The highest BCUT2D eigenvalue weighted by atomic mass is 16.5. The molecule has 0 aliphatic rings. The molecule has 0 aliphatic carbocycles. The van der Waals surface area contributed by atoms with Gasteiger partial charge in [0.05, 0.1) is 31.4 Å². The maximum atomic E-state index is 13.4. The highest BCUT2D eigenvalue weighted by Gasteiger charge is 2.17. The van der Waals surface area contributed by atoms with Crippen molar-refractivity contribution < 1.29 is 13.9 Å². The smallest absolute Gasteiger partial charge is 0.197 e. The number of pyridine rings is 1. The number of hydrogen-bond donors (Lipinski definition) is 0. The minimum atomic E-state index is -0.0534. The number of benzene rings is 2. The van der Waals surface area contributed by atoms with Crippen molar-refractivity contribution in [3.63, 3.8) is 0 Å². The van der Waals surface area contributed by atoms with Crippen LogP contribution in [0, 0.1) is 0 Å². The van der Waals surface area contributed by atoms with Gasteiger partial charge >= 0.3 is 0 Å². The van der Waals surface area contributed by atoms with Crippen LogP contribution in [0.15, 0.2) is 70.2 Å². The van der Waals surface area contributed by atoms with Crippen LogP contribution in [0.25, 0.3) is 33.4 Å². The molecule has 2 heterocycles. The van der Waals surface area contributed by atoms with Crippen LogP contribution in [0.1, 0.15) is 0 Å². The van der Waals surface area contributed by atoms with Crippen LogP contribution in [-0.2, 0) is 7.05 Å². The normalized spacial score (nSPS) is 10.9. The zero-order chi connectivity index (χ0) is 19.0. The van der Waals surface area contributed by atoms with Crippen LogP contribution < -0.4 is 14.9 Å². The van der Waals surface area contributed by atoms with Crippen molar-refractivity contribution in [1.82, 2.24) is 4.57 Å². The lowest BCUT2D eigenvalue weighted by molar-refractivity contribution is 0.415. The molecule has 0 N–H and O–H groups in total. The van der Waals surface area contributed by atoms with Gasteiger partial charge in [0.15, 0.2) is 5.43 Å². The van der Waals surface area contributed by atoms with Gasteiger partial charge in [-0.15, -0.1) is 0 Å². The van der Waals surface area contributed by atoms with Gasteiger partial charge in [-0.05, 0) is 35.9 Å². The molecule has 0 spiro atoms. The van der Waals surface area contributed by atoms with Crippen LogP contribution in [0.4, 0.5) is 0 Å². The average Bonchev–Trinajstić information content (AvgIpc) is 3.24. The molecule has 5 nitrogen and oxygen atoms in total. The molecule has 0 unspecified atom stereocenters. The predicted octanol–water partition coefficient (Wildman–Crippen LogP) is 4.48. The third kappa shape index (κ3) is 2.87. The molecular formula is C22H19NO4. The summed E-state index contributed by atoms with van der Waals surface area (Å²) in [5.74, 6) is 2.04. The summed E-state index contributed by atoms with van der Waals surface area (Å²) in [7, 11) is 5.14. The van der Waals surface area contributed by atoms with Crippen LogP contribution in [0.5, 0.6) is 11.5 Å². The summed E-state index contributed by atoms with van der Waals surface area (Å²) in [6, 6.07) is 14.8. The zero-order valence-corrected chi connectivity index (χ0v) is 15.4. The van der Waals surface area contributed by atoms with E-state index in [2.05, 4.69) is 0 Å². The number of nitrogens with zero attached hydrogens (tertiary/aromatic N) is 1. The Morgan fingerprint density at radius 2 is 1.67 bits per heavy atom. The van der Waals surface area contributed by atoms with Crippen molar-refractivity contribution in [2.24, 2.45) is 7.05 Å².